The van der Waals surface area contributed by atoms with Gasteiger partial charge in [0.15, 0.2) is 9.84 Å². The van der Waals surface area contributed by atoms with Crippen molar-refractivity contribution in [2.45, 2.75) is 59.2 Å². The maximum absolute atomic E-state index is 6.73. The molecule has 0 radical (unpaired) electrons. The molecule has 2 nitrogen and oxygen atoms in total. The molecular formula is C9H23ClN2Si2. The molecule has 0 unspecified atom stereocenters. The Morgan fingerprint density at radius 2 is 1.21 bits per heavy atom. The number of nitrogens with zero attached hydrogens (tertiary/aromatic N) is 2. The summed E-state index contributed by atoms with van der Waals surface area (Å²) in [6, 6.07) is 0. The monoisotopic (exact) mass is 250 g/mol. The van der Waals surface area contributed by atoms with Crippen LogP contribution in [0.25, 0.3) is 0 Å². The second-order valence-electron chi connectivity index (χ2n) is 6.24. The SMILES string of the molecule is CC(C)(C)N1[SiH2]N(C(C)(C)C)[Si]1(C)Cl. The third-order valence-corrected chi connectivity index (χ3v) is 15.6. The smallest absolute Gasteiger partial charge is 0.293 e. The van der Waals surface area contributed by atoms with E-state index in [0.717, 1.165) is 0 Å². The van der Waals surface area contributed by atoms with Crippen LogP contribution in [-0.2, 0) is 0 Å². The number of hydrogen-bond donors (Lipinski definition) is 0. The minimum atomic E-state index is -1.78. The lowest BCUT2D eigenvalue weighted by molar-refractivity contribution is 0.230. The van der Waals surface area contributed by atoms with E-state index in [1.807, 2.05) is 0 Å². The van der Waals surface area contributed by atoms with Gasteiger partial charge in [0.2, 0.25) is 0 Å². The van der Waals surface area contributed by atoms with Gasteiger partial charge in [-0.05, 0) is 48.1 Å². The molecular weight excluding hydrogens is 228 g/mol. The van der Waals surface area contributed by atoms with Crippen LogP contribution in [0, 0.1) is 0 Å². The third-order valence-electron chi connectivity index (χ3n) is 2.89. The minimum Gasteiger partial charge on any atom is -0.310 e. The Labute approximate surface area is 96.5 Å². The molecule has 5 heteroatoms. The van der Waals surface area contributed by atoms with Crippen LogP contribution >= 0.6 is 11.1 Å². The lowest BCUT2D eigenvalue weighted by atomic mass is 10.1. The van der Waals surface area contributed by atoms with Gasteiger partial charge in [-0.15, -0.1) is 11.1 Å². The summed E-state index contributed by atoms with van der Waals surface area (Å²) >= 11 is 6.73. The molecule has 0 N–H and O–H groups in total. The predicted molar refractivity (Wildman–Crippen MR) is 69.2 cm³/mol. The number of hydrogen-bond acceptors (Lipinski definition) is 2. The summed E-state index contributed by atoms with van der Waals surface area (Å²) < 4.78 is 5.18. The molecule has 1 aliphatic heterocycles. The highest BCUT2D eigenvalue weighted by molar-refractivity contribution is 7.23. The van der Waals surface area contributed by atoms with E-state index >= 15 is 0 Å². The summed E-state index contributed by atoms with van der Waals surface area (Å²) in [6.07, 6.45) is 0. The van der Waals surface area contributed by atoms with E-state index in [2.05, 4.69) is 56.6 Å². The Bertz CT molecular complexity index is 208. The zero-order chi connectivity index (χ0) is 11.4. The van der Waals surface area contributed by atoms with E-state index in [9.17, 15) is 0 Å². The highest BCUT2D eigenvalue weighted by Crippen LogP contribution is 2.39. The van der Waals surface area contributed by atoms with E-state index in [1.54, 1.807) is 0 Å². The first-order valence-corrected chi connectivity index (χ1v) is 9.89. The molecule has 84 valence electrons. The lowest BCUT2D eigenvalue weighted by Gasteiger charge is -2.63. The summed E-state index contributed by atoms with van der Waals surface area (Å²) in [6.45, 7) is 15.9. The molecule has 1 saturated heterocycles. The van der Waals surface area contributed by atoms with Crippen molar-refractivity contribution in [1.82, 2.24) is 8.46 Å². The van der Waals surface area contributed by atoms with Crippen molar-refractivity contribution in [3.8, 4) is 0 Å². The Balaban J connectivity index is 2.79. The highest BCUT2D eigenvalue weighted by atomic mass is 35.6. The van der Waals surface area contributed by atoms with E-state index in [1.165, 1.54) is 0 Å². The van der Waals surface area contributed by atoms with Crippen LogP contribution in [0.3, 0.4) is 0 Å². The van der Waals surface area contributed by atoms with Gasteiger partial charge in [-0.1, -0.05) is 0 Å². The normalized spacial score (nSPS) is 33.4. The van der Waals surface area contributed by atoms with Gasteiger partial charge >= 0.3 is 0 Å². The van der Waals surface area contributed by atoms with Crippen molar-refractivity contribution < 1.29 is 0 Å². The average molecular weight is 251 g/mol. The topological polar surface area (TPSA) is 6.48 Å². The molecule has 0 bridgehead atoms. The van der Waals surface area contributed by atoms with Crippen molar-refractivity contribution in [2.24, 2.45) is 0 Å². The van der Waals surface area contributed by atoms with Gasteiger partial charge in [0.05, 0.1) is 0 Å². The van der Waals surface area contributed by atoms with Gasteiger partial charge in [0, 0.05) is 11.1 Å². The molecule has 0 spiro atoms. The van der Waals surface area contributed by atoms with E-state index in [0.29, 0.717) is 0 Å². The molecule has 14 heavy (non-hydrogen) atoms. The second-order valence-corrected chi connectivity index (χ2v) is 14.1. The fraction of sp³-hybridized carbons (Fsp3) is 1.00. The molecule has 0 aliphatic carbocycles. The molecule has 0 saturated carbocycles. The van der Waals surface area contributed by atoms with Crippen LogP contribution in [0.15, 0.2) is 0 Å². The Morgan fingerprint density at radius 3 is 1.36 bits per heavy atom. The molecule has 0 amide bonds. The van der Waals surface area contributed by atoms with E-state index in [4.69, 9.17) is 11.1 Å². The summed E-state index contributed by atoms with van der Waals surface area (Å²) in [5.41, 5.74) is 0.521. The molecule has 1 fully saturated rings. The maximum Gasteiger partial charge on any atom is 0.293 e. The Kier molecular flexibility index (Phi) is 3.01. The van der Waals surface area contributed by atoms with Gasteiger partial charge < -0.3 is 8.46 Å². The quantitative estimate of drug-likeness (QED) is 0.480. The van der Waals surface area contributed by atoms with Gasteiger partial charge in [-0.2, -0.15) is 0 Å². The molecule has 1 rings (SSSR count). The first-order chi connectivity index (χ1) is 5.97. The third kappa shape index (κ3) is 2.09. The zero-order valence-electron chi connectivity index (χ0n) is 10.5. The maximum atomic E-state index is 6.73. The van der Waals surface area contributed by atoms with Crippen molar-refractivity contribution in [1.29, 1.82) is 0 Å². The second kappa shape index (κ2) is 3.32. The Morgan fingerprint density at radius 1 is 0.929 bits per heavy atom. The van der Waals surface area contributed by atoms with Gasteiger partial charge in [-0.3, -0.25) is 0 Å². The number of halogens is 1. The first kappa shape index (κ1) is 12.7. The summed E-state index contributed by atoms with van der Waals surface area (Å²) in [7, 11) is -2.06. The van der Waals surface area contributed by atoms with Gasteiger partial charge in [0.25, 0.3) is 7.71 Å². The number of rotatable bonds is 0. The lowest BCUT2D eigenvalue weighted by Crippen LogP contribution is -2.83. The zero-order valence-corrected chi connectivity index (χ0v) is 13.6. The van der Waals surface area contributed by atoms with Crippen molar-refractivity contribution in [2.75, 3.05) is 0 Å². The standard InChI is InChI=1S/C9H23ClN2Si2/c1-8(2,3)11-13-12(9(4,5)6)14(11,7)10/h13H2,1-7H3. The van der Waals surface area contributed by atoms with Crippen LogP contribution in [0.5, 0.6) is 0 Å². The molecule has 0 aromatic carbocycles. The van der Waals surface area contributed by atoms with Gasteiger partial charge in [-0.25, -0.2) is 0 Å². The van der Waals surface area contributed by atoms with Crippen LogP contribution in [-0.4, -0.2) is 37.1 Å². The highest BCUT2D eigenvalue weighted by Gasteiger charge is 2.57. The van der Waals surface area contributed by atoms with Crippen molar-refractivity contribution >= 4 is 28.6 Å². The summed E-state index contributed by atoms with van der Waals surface area (Å²) in [4.78, 5) is 0. The van der Waals surface area contributed by atoms with Crippen LogP contribution in [0.2, 0.25) is 6.55 Å². The largest absolute Gasteiger partial charge is 0.310 e. The van der Waals surface area contributed by atoms with Crippen molar-refractivity contribution in [3.63, 3.8) is 0 Å². The fourth-order valence-electron chi connectivity index (χ4n) is 2.12. The molecule has 0 aromatic heterocycles. The first-order valence-electron chi connectivity index (χ1n) is 5.22. The van der Waals surface area contributed by atoms with Gasteiger partial charge in [0.1, 0.15) is 0 Å². The van der Waals surface area contributed by atoms with E-state index in [-0.39, 0.29) is 20.9 Å². The molecule has 0 aromatic rings. The molecule has 1 heterocycles. The fourth-order valence-corrected chi connectivity index (χ4v) is 11.3. The average Bonchev–Trinajstić information content (AvgIpc) is 1.77. The van der Waals surface area contributed by atoms with Crippen LogP contribution < -0.4 is 0 Å². The molecule has 1 aliphatic rings. The summed E-state index contributed by atoms with van der Waals surface area (Å²) in [5.74, 6) is 0. The summed E-state index contributed by atoms with van der Waals surface area (Å²) in [5, 5.41) is 0. The minimum absolute atomic E-state index is 0.261. The predicted octanol–water partition coefficient (Wildman–Crippen LogP) is 2.01. The van der Waals surface area contributed by atoms with E-state index < -0.39 is 7.71 Å². The molecule has 0 atom stereocenters. The van der Waals surface area contributed by atoms with Crippen LogP contribution in [0.4, 0.5) is 0 Å². The van der Waals surface area contributed by atoms with Crippen molar-refractivity contribution in [3.05, 3.63) is 0 Å². The van der Waals surface area contributed by atoms with Crippen LogP contribution in [0.1, 0.15) is 41.5 Å². The Hall–Kier alpha value is 0.644.